The van der Waals surface area contributed by atoms with Crippen LogP contribution in [0.5, 0.6) is 0 Å². The first-order chi connectivity index (χ1) is 29.3. The number of fused-ring (bicyclic) bond motifs is 1. The van der Waals surface area contributed by atoms with Gasteiger partial charge in [0.1, 0.15) is 48.2 Å². The molecule has 0 spiro atoms. The Hall–Kier alpha value is -6.63. The van der Waals surface area contributed by atoms with E-state index < -0.39 is 90.6 Å². The van der Waals surface area contributed by atoms with Crippen molar-refractivity contribution in [3.05, 3.63) is 71.2 Å². The second-order valence-electron chi connectivity index (χ2n) is 13.8. The van der Waals surface area contributed by atoms with Crippen LogP contribution in [0.15, 0.2) is 59.8 Å². The third kappa shape index (κ3) is 11.2. The number of piperazine rings is 1. The highest BCUT2D eigenvalue weighted by atomic mass is 32.2. The SMILES string of the molecule is CC(=O)NC[C@H]1CN(c2ccc(N3CCN(C(=O)CNC(=O)OCC4=C(C(=O)O)N5C(=O)[C@@H](NC(=O)C(N)c6ccccc6)[C@H]5SC4)CC3)c(F)c2)C(=O)O1.O=C(O)C(F)(F)F. The zero-order chi connectivity index (χ0) is 45.5. The number of β-lactam (4-membered cyclic amide) rings is 1. The number of carboxylic acid groups (broad SMARTS) is 2. The van der Waals surface area contributed by atoms with E-state index in [0.29, 0.717) is 24.3 Å². The minimum atomic E-state index is -5.08. The molecule has 0 aromatic heterocycles. The number of carboxylic acids is 2. The van der Waals surface area contributed by atoms with Gasteiger partial charge >= 0.3 is 30.3 Å². The van der Waals surface area contributed by atoms with Crippen molar-refractivity contribution in [1.82, 2.24) is 25.8 Å². The van der Waals surface area contributed by atoms with E-state index in [9.17, 15) is 51.8 Å². The lowest BCUT2D eigenvalue weighted by molar-refractivity contribution is -0.192. The molecule has 3 saturated heterocycles. The van der Waals surface area contributed by atoms with Crippen LogP contribution < -0.4 is 31.5 Å². The molecule has 2 aromatic rings. The fourth-order valence-corrected chi connectivity index (χ4v) is 7.85. The van der Waals surface area contributed by atoms with Crippen LogP contribution in [0.1, 0.15) is 18.5 Å². The normalized spacial score (nSPS) is 20.1. The van der Waals surface area contributed by atoms with Gasteiger partial charge in [-0.2, -0.15) is 13.2 Å². The minimum Gasteiger partial charge on any atom is -0.477 e. The predicted octanol–water partition coefficient (Wildman–Crippen LogP) is 0.734. The molecule has 2 aromatic carbocycles. The van der Waals surface area contributed by atoms with Gasteiger partial charge in [-0.3, -0.25) is 29.0 Å². The smallest absolute Gasteiger partial charge is 0.477 e. The molecule has 3 fully saturated rings. The monoisotopic (exact) mass is 896 g/mol. The molecule has 4 heterocycles. The summed E-state index contributed by atoms with van der Waals surface area (Å²) in [6, 6.07) is 10.9. The number of rotatable bonds is 12. The number of nitrogens with two attached hydrogens (primary N) is 1. The van der Waals surface area contributed by atoms with Crippen LogP contribution in [0.2, 0.25) is 0 Å². The Labute approximate surface area is 353 Å². The highest BCUT2D eigenvalue weighted by molar-refractivity contribution is 8.00. The lowest BCUT2D eigenvalue weighted by atomic mass is 10.0. The van der Waals surface area contributed by atoms with Crippen LogP contribution >= 0.6 is 11.8 Å². The van der Waals surface area contributed by atoms with Gasteiger partial charge in [0.2, 0.25) is 17.7 Å². The summed E-state index contributed by atoms with van der Waals surface area (Å²) in [5.74, 6) is -6.54. The molecule has 4 aliphatic heterocycles. The van der Waals surface area contributed by atoms with Gasteiger partial charge < -0.3 is 51.2 Å². The number of benzene rings is 2. The number of nitrogens with one attached hydrogen (secondary N) is 3. The molecular formula is C37H40F4N8O12S. The summed E-state index contributed by atoms with van der Waals surface area (Å²) in [6.07, 6.45) is -7.27. The Morgan fingerprint density at radius 2 is 1.66 bits per heavy atom. The molecule has 62 heavy (non-hydrogen) atoms. The third-order valence-electron chi connectivity index (χ3n) is 9.66. The number of anilines is 2. The van der Waals surface area contributed by atoms with Crippen LogP contribution in [0.3, 0.4) is 0 Å². The lowest BCUT2D eigenvalue weighted by Gasteiger charge is -2.49. The molecule has 6 amide bonds. The summed E-state index contributed by atoms with van der Waals surface area (Å²) in [5.41, 5.74) is 7.01. The van der Waals surface area contributed by atoms with E-state index in [0.717, 1.165) is 4.90 Å². The minimum absolute atomic E-state index is 0.0954. The molecule has 0 saturated carbocycles. The Bertz CT molecular complexity index is 2120. The molecule has 0 aliphatic carbocycles. The number of hydrogen-bond acceptors (Lipinski definition) is 13. The predicted molar refractivity (Wildman–Crippen MR) is 208 cm³/mol. The van der Waals surface area contributed by atoms with Gasteiger partial charge in [-0.05, 0) is 23.8 Å². The first-order valence-electron chi connectivity index (χ1n) is 18.5. The van der Waals surface area contributed by atoms with Gasteiger partial charge in [0.05, 0.1) is 24.5 Å². The summed E-state index contributed by atoms with van der Waals surface area (Å²) in [5, 5.41) is 23.9. The van der Waals surface area contributed by atoms with E-state index in [-0.39, 0.29) is 54.8 Å². The van der Waals surface area contributed by atoms with Crippen molar-refractivity contribution in [2.75, 3.05) is 68.0 Å². The number of halogens is 4. The molecule has 6 rings (SSSR count). The number of alkyl carbamates (subject to hydrolysis) is 1. The molecule has 25 heteroatoms. The molecular weight excluding hydrogens is 857 g/mol. The van der Waals surface area contributed by atoms with Crippen LogP contribution in [0.25, 0.3) is 0 Å². The number of hydrogen-bond donors (Lipinski definition) is 6. The average molecular weight is 897 g/mol. The van der Waals surface area contributed by atoms with Crippen LogP contribution in [0, 0.1) is 5.82 Å². The standard InChI is InChI=1S/C35H39FN8O10S.C2HF3O2/c1-19(45)38-14-23-16-43(35(52)54-23)22-7-8-25(24(36)13-22)41-9-11-42(12-10-41)26(46)15-39-34(51)53-17-21-18-55-32-28(31(48)44(32)29(21)33(49)50)40-30(47)27(37)20-5-3-2-4-6-20;3-2(4,5)1(6)7/h2-8,13,23,27-28,32H,9-12,14-18,37H2,1H3,(H,38,45)(H,39,51)(H,40,47)(H,49,50);(H,6,7)/t23-,27?,28+,32+;/m0./s1. The third-order valence-corrected chi connectivity index (χ3v) is 11.0. The van der Waals surface area contributed by atoms with Crippen molar-refractivity contribution in [1.29, 1.82) is 0 Å². The van der Waals surface area contributed by atoms with Crippen LogP contribution in [-0.4, -0.2) is 150 Å². The molecule has 0 radical (unpaired) electrons. The van der Waals surface area contributed by atoms with Crippen molar-refractivity contribution >= 4 is 70.9 Å². The molecule has 7 N–H and O–H groups in total. The van der Waals surface area contributed by atoms with E-state index in [1.54, 1.807) is 47.4 Å². The van der Waals surface area contributed by atoms with Crippen LogP contribution in [-0.2, 0) is 38.2 Å². The van der Waals surface area contributed by atoms with Crippen LogP contribution in [0.4, 0.5) is 38.5 Å². The maximum absolute atomic E-state index is 15.2. The number of thioether (sulfide) groups is 1. The maximum atomic E-state index is 15.2. The van der Waals surface area contributed by atoms with Gasteiger partial charge in [0.25, 0.3) is 5.91 Å². The second-order valence-corrected chi connectivity index (χ2v) is 14.9. The van der Waals surface area contributed by atoms with Gasteiger partial charge in [0, 0.05) is 44.4 Å². The highest BCUT2D eigenvalue weighted by Crippen LogP contribution is 2.40. The van der Waals surface area contributed by atoms with Gasteiger partial charge in [-0.25, -0.2) is 23.6 Å². The number of carbonyl (C=O) groups is 8. The van der Waals surface area contributed by atoms with E-state index >= 15 is 4.39 Å². The summed E-state index contributed by atoms with van der Waals surface area (Å²) >= 11 is 1.20. The summed E-state index contributed by atoms with van der Waals surface area (Å²) in [4.78, 5) is 101. The van der Waals surface area contributed by atoms with Crippen molar-refractivity contribution in [3.8, 4) is 0 Å². The fourth-order valence-electron chi connectivity index (χ4n) is 6.53. The zero-order valence-corrected chi connectivity index (χ0v) is 33.4. The number of amides is 6. The van der Waals surface area contributed by atoms with Crippen molar-refractivity contribution < 1.29 is 75.6 Å². The summed E-state index contributed by atoms with van der Waals surface area (Å²) in [6.45, 7) is 1.83. The number of alkyl halides is 3. The Balaban J connectivity index is 0.000000955. The molecule has 20 nitrogen and oxygen atoms in total. The number of nitrogens with zero attached hydrogens (tertiary/aromatic N) is 4. The summed E-state index contributed by atoms with van der Waals surface area (Å²) < 4.78 is 57.4. The number of aliphatic carboxylic acids is 2. The van der Waals surface area contributed by atoms with Gasteiger partial charge in [0.15, 0.2) is 0 Å². The second kappa shape index (κ2) is 19.8. The van der Waals surface area contributed by atoms with Gasteiger partial charge in [-0.15, -0.1) is 11.8 Å². The van der Waals surface area contributed by atoms with E-state index in [1.807, 2.05) is 0 Å². The molecule has 334 valence electrons. The molecule has 4 aliphatic rings. The first kappa shape index (κ1) is 46.4. The molecule has 1 unspecified atom stereocenters. The number of carbonyl (C=O) groups excluding carboxylic acids is 6. The van der Waals surface area contributed by atoms with Crippen molar-refractivity contribution in [2.45, 2.75) is 36.7 Å². The fraction of sp³-hybridized carbons (Fsp3) is 0.405. The zero-order valence-electron chi connectivity index (χ0n) is 32.6. The highest BCUT2D eigenvalue weighted by Gasteiger charge is 2.54. The maximum Gasteiger partial charge on any atom is 0.490 e. The molecule has 0 bridgehead atoms. The summed E-state index contributed by atoms with van der Waals surface area (Å²) in [7, 11) is 0. The average Bonchev–Trinajstić information content (AvgIpc) is 3.62. The van der Waals surface area contributed by atoms with E-state index in [1.165, 1.54) is 34.6 Å². The van der Waals surface area contributed by atoms with Gasteiger partial charge in [-0.1, -0.05) is 30.3 Å². The Kier molecular flexibility index (Phi) is 14.9. The van der Waals surface area contributed by atoms with E-state index in [4.69, 9.17) is 25.1 Å². The Morgan fingerprint density at radius 1 is 1.00 bits per heavy atom. The first-order valence-corrected chi connectivity index (χ1v) is 19.6. The van der Waals surface area contributed by atoms with E-state index in [2.05, 4.69) is 16.0 Å². The quantitative estimate of drug-likeness (QED) is 0.127. The topological polar surface area (TPSA) is 271 Å². The Morgan fingerprint density at radius 3 is 2.26 bits per heavy atom. The number of ether oxygens (including phenoxy) is 2. The lowest BCUT2D eigenvalue weighted by Crippen LogP contribution is -2.71. The largest absolute Gasteiger partial charge is 0.490 e. The van der Waals surface area contributed by atoms with Crippen molar-refractivity contribution in [2.24, 2.45) is 5.73 Å². The molecule has 4 atom stereocenters. The number of cyclic esters (lactones) is 1. The van der Waals surface area contributed by atoms with Crippen molar-refractivity contribution in [3.63, 3.8) is 0 Å².